The molecule has 0 aromatic carbocycles. The van der Waals surface area contributed by atoms with E-state index in [4.69, 9.17) is 9.84 Å². The average Bonchev–Trinajstić information content (AvgIpc) is 2.87. The zero-order chi connectivity index (χ0) is 15.8. The molecule has 7 nitrogen and oxygen atoms in total. The van der Waals surface area contributed by atoms with E-state index >= 15 is 0 Å². The van der Waals surface area contributed by atoms with Gasteiger partial charge in [0.1, 0.15) is 6.04 Å². The van der Waals surface area contributed by atoms with Gasteiger partial charge in [-0.25, -0.2) is 9.59 Å². The van der Waals surface area contributed by atoms with Crippen molar-refractivity contribution in [1.29, 1.82) is 0 Å². The van der Waals surface area contributed by atoms with Crippen LogP contribution in [0, 0.1) is 0 Å². The third-order valence-electron chi connectivity index (χ3n) is 3.34. The minimum Gasteiger partial charge on any atom is -0.480 e. The van der Waals surface area contributed by atoms with Crippen molar-refractivity contribution in [2.24, 2.45) is 0 Å². The number of ether oxygens (including phenoxy) is 1. The molecule has 0 spiro atoms. The van der Waals surface area contributed by atoms with Crippen molar-refractivity contribution in [3.05, 3.63) is 0 Å². The number of carbonyl (C=O) groups is 2. The number of urea groups is 1. The third kappa shape index (κ3) is 4.76. The number of thioether (sulfide) groups is 1. The monoisotopic (exact) mass is 320 g/mol. The van der Waals surface area contributed by atoms with Crippen LogP contribution in [0.25, 0.3) is 0 Å². The maximum Gasteiger partial charge on any atom is 0.327 e. The van der Waals surface area contributed by atoms with E-state index in [9.17, 15) is 14.7 Å². The zero-order valence-corrected chi connectivity index (χ0v) is 13.3. The van der Waals surface area contributed by atoms with E-state index in [-0.39, 0.29) is 24.6 Å². The number of rotatable bonds is 8. The van der Waals surface area contributed by atoms with Crippen LogP contribution in [0.2, 0.25) is 0 Å². The molecule has 1 rings (SSSR count). The van der Waals surface area contributed by atoms with Crippen molar-refractivity contribution in [2.45, 2.75) is 31.2 Å². The summed E-state index contributed by atoms with van der Waals surface area (Å²) in [5.74, 6) is -0.576. The molecule has 0 aromatic rings. The second-order valence-electron chi connectivity index (χ2n) is 4.82. The lowest BCUT2D eigenvalue weighted by molar-refractivity contribution is -0.141. The molecular formula is C13H24N2O5S. The van der Waals surface area contributed by atoms with Crippen LogP contribution in [-0.2, 0) is 9.53 Å². The fourth-order valence-corrected chi connectivity index (χ4v) is 3.78. The van der Waals surface area contributed by atoms with Crippen LogP contribution >= 0.6 is 11.8 Å². The Balaban J connectivity index is 2.86. The second-order valence-corrected chi connectivity index (χ2v) is 6.03. The highest BCUT2D eigenvalue weighted by Crippen LogP contribution is 2.33. The first-order chi connectivity index (χ1) is 10.1. The van der Waals surface area contributed by atoms with Gasteiger partial charge in [0.2, 0.25) is 0 Å². The van der Waals surface area contributed by atoms with Crippen molar-refractivity contribution in [3.8, 4) is 0 Å². The summed E-state index contributed by atoms with van der Waals surface area (Å²) < 4.78 is 4.96. The average molecular weight is 320 g/mol. The summed E-state index contributed by atoms with van der Waals surface area (Å²) in [6.07, 6.45) is 1.64. The van der Waals surface area contributed by atoms with E-state index in [1.807, 2.05) is 6.92 Å². The fourth-order valence-electron chi connectivity index (χ4n) is 2.27. The summed E-state index contributed by atoms with van der Waals surface area (Å²) in [6.45, 7) is 2.71. The summed E-state index contributed by atoms with van der Waals surface area (Å²) in [6, 6.07) is -1.14. The van der Waals surface area contributed by atoms with Crippen LogP contribution in [0.15, 0.2) is 0 Å². The van der Waals surface area contributed by atoms with Crippen LogP contribution in [-0.4, -0.2) is 82.6 Å². The van der Waals surface area contributed by atoms with Gasteiger partial charge >= 0.3 is 12.0 Å². The molecule has 122 valence electrons. The van der Waals surface area contributed by atoms with Crippen molar-refractivity contribution in [1.82, 2.24) is 9.80 Å². The second kappa shape index (κ2) is 9.11. The molecule has 1 aliphatic heterocycles. The van der Waals surface area contributed by atoms with E-state index in [1.165, 1.54) is 28.7 Å². The highest BCUT2D eigenvalue weighted by Gasteiger charge is 2.42. The Morgan fingerprint density at radius 1 is 1.43 bits per heavy atom. The smallest absolute Gasteiger partial charge is 0.327 e. The van der Waals surface area contributed by atoms with Crippen LogP contribution in [0.5, 0.6) is 0 Å². The molecule has 0 aromatic heterocycles. The number of hydrogen-bond donors (Lipinski definition) is 2. The number of carbonyl (C=O) groups excluding carboxylic acids is 1. The molecule has 0 saturated carbocycles. The lowest BCUT2D eigenvalue weighted by Crippen LogP contribution is -2.52. The predicted octanol–water partition coefficient (Wildman–Crippen LogP) is 0.675. The number of carboxylic acids is 1. The first-order valence-corrected chi connectivity index (χ1v) is 8.13. The highest BCUT2D eigenvalue weighted by atomic mass is 32.2. The molecule has 2 amide bonds. The van der Waals surface area contributed by atoms with Crippen molar-refractivity contribution >= 4 is 23.8 Å². The number of hydrogen-bond acceptors (Lipinski definition) is 5. The number of aliphatic carboxylic acids is 1. The first-order valence-electron chi connectivity index (χ1n) is 7.08. The normalized spacial score (nSPS) is 21.6. The fraction of sp³-hybridized carbons (Fsp3) is 0.846. The number of carboxylic acid groups (broad SMARTS) is 1. The lowest BCUT2D eigenvalue weighted by atomic mass is 10.2. The minimum absolute atomic E-state index is 0.118. The molecule has 1 saturated heterocycles. The van der Waals surface area contributed by atoms with Gasteiger partial charge in [0.15, 0.2) is 0 Å². The van der Waals surface area contributed by atoms with E-state index < -0.39 is 12.0 Å². The maximum atomic E-state index is 12.6. The molecule has 2 unspecified atom stereocenters. The van der Waals surface area contributed by atoms with E-state index in [0.29, 0.717) is 18.9 Å². The van der Waals surface area contributed by atoms with E-state index in [0.717, 1.165) is 12.8 Å². The Bertz CT molecular complexity index is 355. The number of amides is 2. The molecule has 21 heavy (non-hydrogen) atoms. The molecule has 0 radical (unpaired) electrons. The predicted molar refractivity (Wildman–Crippen MR) is 80.3 cm³/mol. The van der Waals surface area contributed by atoms with E-state index in [1.54, 1.807) is 0 Å². The lowest BCUT2D eigenvalue weighted by Gasteiger charge is -2.33. The van der Waals surface area contributed by atoms with Gasteiger partial charge in [0.05, 0.1) is 18.6 Å². The Hall–Kier alpha value is -0.990. The first kappa shape index (κ1) is 18.1. The van der Waals surface area contributed by atoms with Gasteiger partial charge in [-0.1, -0.05) is 13.3 Å². The highest BCUT2D eigenvalue weighted by molar-refractivity contribution is 8.00. The molecule has 0 bridgehead atoms. The zero-order valence-electron chi connectivity index (χ0n) is 12.5. The Labute approximate surface area is 129 Å². The summed E-state index contributed by atoms with van der Waals surface area (Å²) in [7, 11) is 1.53. The topological polar surface area (TPSA) is 90.3 Å². The standard InChI is InChI=1S/C13H24N2O5S/c1-3-4-11-15(10(9-21-11)12(17)18)13(19)14(5-7-16)6-8-20-2/h10-11,16H,3-9H2,1-2H3,(H,17,18). The van der Waals surface area contributed by atoms with Crippen molar-refractivity contribution in [2.75, 3.05) is 39.2 Å². The van der Waals surface area contributed by atoms with Crippen LogP contribution in [0.4, 0.5) is 4.79 Å². The summed E-state index contributed by atoms with van der Waals surface area (Å²) in [5.41, 5.74) is 0. The Morgan fingerprint density at radius 3 is 2.67 bits per heavy atom. The third-order valence-corrected chi connectivity index (χ3v) is 4.70. The molecule has 1 fully saturated rings. The maximum absolute atomic E-state index is 12.6. The summed E-state index contributed by atoms with van der Waals surface area (Å²) >= 11 is 1.50. The van der Waals surface area contributed by atoms with Gasteiger partial charge in [-0.3, -0.25) is 4.90 Å². The van der Waals surface area contributed by atoms with Crippen molar-refractivity contribution in [3.63, 3.8) is 0 Å². The van der Waals surface area contributed by atoms with Gasteiger partial charge in [-0.05, 0) is 6.42 Å². The summed E-state index contributed by atoms with van der Waals surface area (Å²) in [4.78, 5) is 26.9. The molecule has 8 heteroatoms. The van der Waals surface area contributed by atoms with Crippen molar-refractivity contribution < 1.29 is 24.5 Å². The van der Waals surface area contributed by atoms with Gasteiger partial charge in [-0.15, -0.1) is 11.8 Å². The SMILES string of the molecule is CCCC1SCC(C(=O)O)N1C(=O)N(CCO)CCOC. The molecule has 2 N–H and O–H groups in total. The Morgan fingerprint density at radius 2 is 2.14 bits per heavy atom. The van der Waals surface area contributed by atoms with Gasteiger partial charge in [-0.2, -0.15) is 0 Å². The number of aliphatic hydroxyl groups excluding tert-OH is 1. The summed E-state index contributed by atoms with van der Waals surface area (Å²) in [5, 5.41) is 18.3. The van der Waals surface area contributed by atoms with Crippen LogP contribution in [0.3, 0.4) is 0 Å². The van der Waals surface area contributed by atoms with Gasteiger partial charge in [0, 0.05) is 26.0 Å². The van der Waals surface area contributed by atoms with E-state index in [2.05, 4.69) is 0 Å². The molecule has 1 heterocycles. The molecular weight excluding hydrogens is 296 g/mol. The Kier molecular flexibility index (Phi) is 7.84. The quantitative estimate of drug-likeness (QED) is 0.683. The number of methoxy groups -OCH3 is 1. The molecule has 1 aliphatic rings. The van der Waals surface area contributed by atoms with Gasteiger partial charge < -0.3 is 19.8 Å². The molecule has 2 atom stereocenters. The van der Waals surface area contributed by atoms with Crippen LogP contribution < -0.4 is 0 Å². The van der Waals surface area contributed by atoms with Crippen LogP contribution in [0.1, 0.15) is 19.8 Å². The number of nitrogens with zero attached hydrogens (tertiary/aromatic N) is 2. The minimum atomic E-state index is -0.981. The molecule has 0 aliphatic carbocycles. The van der Waals surface area contributed by atoms with Gasteiger partial charge in [0.25, 0.3) is 0 Å². The largest absolute Gasteiger partial charge is 0.480 e. The number of aliphatic hydroxyl groups is 1.